The lowest BCUT2D eigenvalue weighted by molar-refractivity contribution is 0.117. The van der Waals surface area contributed by atoms with Gasteiger partial charge in [-0.25, -0.2) is 8.42 Å². The summed E-state index contributed by atoms with van der Waals surface area (Å²) in [5.41, 5.74) is 1.56. The SMILES string of the molecule is CCCCN(CCCC)C[C@@H](O)CN(c1ccccc1)S(=O)(=O)c1ccc(C)cc1. The van der Waals surface area contributed by atoms with Gasteiger partial charge in [-0.15, -0.1) is 0 Å². The van der Waals surface area contributed by atoms with E-state index >= 15 is 0 Å². The molecule has 0 aromatic heterocycles. The zero-order chi connectivity index (χ0) is 22.0. The first-order valence-corrected chi connectivity index (χ1v) is 12.4. The maximum atomic E-state index is 13.4. The lowest BCUT2D eigenvalue weighted by Gasteiger charge is -2.30. The number of benzene rings is 2. The Bertz CT molecular complexity index is 831. The Hall–Kier alpha value is -1.89. The van der Waals surface area contributed by atoms with Gasteiger partial charge in [0.25, 0.3) is 10.0 Å². The van der Waals surface area contributed by atoms with E-state index < -0.39 is 16.1 Å². The van der Waals surface area contributed by atoms with Gasteiger partial charge in [0.2, 0.25) is 0 Å². The van der Waals surface area contributed by atoms with Crippen molar-refractivity contribution in [2.45, 2.75) is 57.5 Å². The summed E-state index contributed by atoms with van der Waals surface area (Å²) in [7, 11) is -3.78. The quantitative estimate of drug-likeness (QED) is 0.508. The molecule has 2 aromatic carbocycles. The lowest BCUT2D eigenvalue weighted by atomic mass is 10.2. The molecule has 0 bridgehead atoms. The molecule has 2 aromatic rings. The van der Waals surface area contributed by atoms with Crippen molar-refractivity contribution in [3.63, 3.8) is 0 Å². The molecule has 1 N–H and O–H groups in total. The van der Waals surface area contributed by atoms with Gasteiger partial charge >= 0.3 is 0 Å². The minimum atomic E-state index is -3.78. The molecule has 0 spiro atoms. The van der Waals surface area contributed by atoms with Gasteiger partial charge in [-0.1, -0.05) is 62.6 Å². The third kappa shape index (κ3) is 7.11. The fourth-order valence-corrected chi connectivity index (χ4v) is 4.88. The summed E-state index contributed by atoms with van der Waals surface area (Å²) >= 11 is 0. The smallest absolute Gasteiger partial charge is 0.264 e. The van der Waals surface area contributed by atoms with Crippen molar-refractivity contribution < 1.29 is 13.5 Å². The highest BCUT2D eigenvalue weighted by Gasteiger charge is 2.27. The second kappa shape index (κ2) is 12.1. The highest BCUT2D eigenvalue weighted by Crippen LogP contribution is 2.24. The second-order valence-corrected chi connectivity index (χ2v) is 9.71. The number of rotatable bonds is 13. The normalized spacial score (nSPS) is 12.8. The minimum absolute atomic E-state index is 0.0228. The Morgan fingerprint density at radius 1 is 0.867 bits per heavy atom. The topological polar surface area (TPSA) is 60.9 Å². The van der Waals surface area contributed by atoms with E-state index in [1.807, 2.05) is 25.1 Å². The van der Waals surface area contributed by atoms with Crippen molar-refractivity contribution in [3.05, 3.63) is 60.2 Å². The summed E-state index contributed by atoms with van der Waals surface area (Å²) in [6.07, 6.45) is 3.55. The number of sulfonamides is 1. The van der Waals surface area contributed by atoms with Gasteiger partial charge in [-0.05, 0) is 57.1 Å². The third-order valence-electron chi connectivity index (χ3n) is 5.15. The molecule has 166 valence electrons. The van der Waals surface area contributed by atoms with Crippen LogP contribution in [-0.4, -0.2) is 50.7 Å². The van der Waals surface area contributed by atoms with Crippen LogP contribution in [0.3, 0.4) is 0 Å². The summed E-state index contributed by atoms with van der Waals surface area (Å²) in [5.74, 6) is 0. The first-order valence-electron chi connectivity index (χ1n) is 10.9. The van der Waals surface area contributed by atoms with Crippen LogP contribution in [0, 0.1) is 6.92 Å². The number of hydrogen-bond acceptors (Lipinski definition) is 4. The number of aliphatic hydroxyl groups excluding tert-OH is 1. The van der Waals surface area contributed by atoms with Crippen molar-refractivity contribution in [2.75, 3.05) is 30.5 Å². The Balaban J connectivity index is 2.24. The molecule has 5 nitrogen and oxygen atoms in total. The van der Waals surface area contributed by atoms with Crippen LogP contribution in [0.15, 0.2) is 59.5 Å². The van der Waals surface area contributed by atoms with Crippen LogP contribution in [0.5, 0.6) is 0 Å². The molecular formula is C24H36N2O3S. The van der Waals surface area contributed by atoms with E-state index in [0.717, 1.165) is 44.3 Å². The zero-order valence-electron chi connectivity index (χ0n) is 18.5. The molecule has 0 aliphatic heterocycles. The molecule has 0 saturated carbocycles. The van der Waals surface area contributed by atoms with Crippen molar-refractivity contribution in [3.8, 4) is 0 Å². The molecule has 0 aliphatic rings. The van der Waals surface area contributed by atoms with Gasteiger partial charge in [-0.2, -0.15) is 0 Å². The summed E-state index contributed by atoms with van der Waals surface area (Å²) in [5, 5.41) is 10.9. The number of unbranched alkanes of at least 4 members (excludes halogenated alkanes) is 2. The monoisotopic (exact) mass is 432 g/mol. The van der Waals surface area contributed by atoms with Crippen molar-refractivity contribution in [1.82, 2.24) is 4.90 Å². The van der Waals surface area contributed by atoms with Gasteiger partial charge in [0, 0.05) is 6.54 Å². The van der Waals surface area contributed by atoms with Gasteiger partial charge < -0.3 is 10.0 Å². The number of aliphatic hydroxyl groups is 1. The lowest BCUT2D eigenvalue weighted by Crippen LogP contribution is -2.43. The van der Waals surface area contributed by atoms with Crippen LogP contribution < -0.4 is 4.31 Å². The highest BCUT2D eigenvalue weighted by molar-refractivity contribution is 7.92. The van der Waals surface area contributed by atoms with Crippen LogP contribution in [0.2, 0.25) is 0 Å². The molecule has 0 amide bonds. The molecule has 0 saturated heterocycles. The van der Waals surface area contributed by atoms with Crippen LogP contribution in [0.25, 0.3) is 0 Å². The van der Waals surface area contributed by atoms with Crippen LogP contribution in [0.1, 0.15) is 45.1 Å². The third-order valence-corrected chi connectivity index (χ3v) is 6.96. The molecule has 30 heavy (non-hydrogen) atoms. The Labute approximate surface area is 182 Å². The molecule has 2 rings (SSSR count). The summed E-state index contributed by atoms with van der Waals surface area (Å²) in [4.78, 5) is 2.48. The standard InChI is InChI=1S/C24H36N2O3S/c1-4-6-17-25(18-7-5-2)19-23(27)20-26(22-11-9-8-10-12-22)30(28,29)24-15-13-21(3)14-16-24/h8-16,23,27H,4-7,17-20H2,1-3H3/t23-/m1/s1. The van der Waals surface area contributed by atoms with E-state index in [1.54, 1.807) is 36.4 Å². The molecule has 1 atom stereocenters. The average molecular weight is 433 g/mol. The fourth-order valence-electron chi connectivity index (χ4n) is 3.38. The number of aryl methyl sites for hydroxylation is 1. The average Bonchev–Trinajstić information content (AvgIpc) is 2.74. The fraction of sp³-hybridized carbons (Fsp3) is 0.500. The molecule has 0 unspecified atom stereocenters. The van der Waals surface area contributed by atoms with Crippen molar-refractivity contribution >= 4 is 15.7 Å². The summed E-state index contributed by atoms with van der Waals surface area (Å²) in [6, 6.07) is 15.9. The maximum absolute atomic E-state index is 13.4. The van der Waals surface area contributed by atoms with Crippen LogP contribution in [0.4, 0.5) is 5.69 Å². The molecule has 6 heteroatoms. The first-order chi connectivity index (χ1) is 14.4. The van der Waals surface area contributed by atoms with E-state index in [2.05, 4.69) is 18.7 Å². The minimum Gasteiger partial charge on any atom is -0.390 e. The zero-order valence-corrected chi connectivity index (χ0v) is 19.3. The summed E-state index contributed by atoms with van der Waals surface area (Å²) < 4.78 is 28.2. The van der Waals surface area contributed by atoms with Crippen LogP contribution in [-0.2, 0) is 10.0 Å². The number of nitrogens with zero attached hydrogens (tertiary/aromatic N) is 2. The molecule has 0 aliphatic carbocycles. The Morgan fingerprint density at radius 2 is 1.43 bits per heavy atom. The predicted molar refractivity (Wildman–Crippen MR) is 124 cm³/mol. The number of hydrogen-bond donors (Lipinski definition) is 1. The van der Waals surface area contributed by atoms with Crippen molar-refractivity contribution in [2.24, 2.45) is 0 Å². The van der Waals surface area contributed by atoms with E-state index in [0.29, 0.717) is 12.2 Å². The largest absolute Gasteiger partial charge is 0.390 e. The highest BCUT2D eigenvalue weighted by atomic mass is 32.2. The second-order valence-electron chi connectivity index (χ2n) is 7.85. The van der Waals surface area contributed by atoms with E-state index in [9.17, 15) is 13.5 Å². The van der Waals surface area contributed by atoms with E-state index in [4.69, 9.17) is 0 Å². The number of anilines is 1. The van der Waals surface area contributed by atoms with Crippen LogP contribution >= 0.6 is 0 Å². The van der Waals surface area contributed by atoms with Gasteiger partial charge in [0.1, 0.15) is 0 Å². The first kappa shape index (κ1) is 24.4. The summed E-state index contributed by atoms with van der Waals surface area (Å²) in [6.45, 7) is 8.56. The Morgan fingerprint density at radius 3 is 1.97 bits per heavy atom. The molecular weight excluding hydrogens is 396 g/mol. The molecule has 0 heterocycles. The molecule has 0 radical (unpaired) electrons. The number of para-hydroxylation sites is 1. The Kier molecular flexibility index (Phi) is 9.82. The van der Waals surface area contributed by atoms with Gasteiger partial charge in [0.15, 0.2) is 0 Å². The van der Waals surface area contributed by atoms with Gasteiger partial charge in [-0.3, -0.25) is 4.31 Å². The maximum Gasteiger partial charge on any atom is 0.264 e. The van der Waals surface area contributed by atoms with E-state index in [1.165, 1.54) is 4.31 Å². The van der Waals surface area contributed by atoms with E-state index in [-0.39, 0.29) is 11.4 Å². The molecule has 0 fully saturated rings. The predicted octanol–water partition coefficient (Wildman–Crippen LogP) is 4.45. The van der Waals surface area contributed by atoms with Gasteiger partial charge in [0.05, 0.1) is 23.2 Å². The van der Waals surface area contributed by atoms with Crippen molar-refractivity contribution in [1.29, 1.82) is 0 Å².